The van der Waals surface area contributed by atoms with E-state index in [9.17, 15) is 9.90 Å². The lowest BCUT2D eigenvalue weighted by Gasteiger charge is -2.18. The molecule has 3 unspecified atom stereocenters. The maximum atomic E-state index is 12.7. The van der Waals surface area contributed by atoms with E-state index in [1.54, 1.807) is 6.20 Å². The highest BCUT2D eigenvalue weighted by molar-refractivity contribution is 6.06. The molecule has 4 nitrogen and oxygen atoms in total. The SMILES string of the molecule is O=C(c1c[nH]c2ccccc12)N1CC2CCC(O)C2C1. The molecule has 0 bridgehead atoms. The van der Waals surface area contributed by atoms with E-state index in [-0.39, 0.29) is 17.9 Å². The fourth-order valence-corrected chi connectivity index (χ4v) is 3.82. The zero-order chi connectivity index (χ0) is 13.7. The molecule has 2 aliphatic rings. The summed E-state index contributed by atoms with van der Waals surface area (Å²) in [5.74, 6) is 0.854. The number of nitrogens with one attached hydrogen (secondary N) is 1. The van der Waals surface area contributed by atoms with Crippen LogP contribution in [0.25, 0.3) is 10.9 Å². The lowest BCUT2D eigenvalue weighted by molar-refractivity contribution is 0.0754. The van der Waals surface area contributed by atoms with Gasteiger partial charge in [-0.3, -0.25) is 4.79 Å². The second-order valence-corrected chi connectivity index (χ2v) is 6.03. The average molecular weight is 270 g/mol. The molecule has 1 amide bonds. The van der Waals surface area contributed by atoms with E-state index < -0.39 is 0 Å². The van der Waals surface area contributed by atoms with E-state index in [0.717, 1.165) is 35.9 Å². The van der Waals surface area contributed by atoms with Gasteiger partial charge in [0, 0.05) is 36.1 Å². The lowest BCUT2D eigenvalue weighted by atomic mass is 10.00. The van der Waals surface area contributed by atoms with Gasteiger partial charge in [-0.2, -0.15) is 0 Å². The standard InChI is InChI=1S/C16H18N2O2/c19-15-6-5-10-8-18(9-13(10)15)16(20)12-7-17-14-4-2-1-3-11(12)14/h1-4,7,10,13,15,17,19H,5-6,8-9H2. The maximum Gasteiger partial charge on any atom is 0.256 e. The number of carbonyl (C=O) groups excluding carboxylic acids is 1. The maximum absolute atomic E-state index is 12.7. The molecule has 1 saturated heterocycles. The minimum absolute atomic E-state index is 0.0871. The Kier molecular flexibility index (Phi) is 2.60. The highest BCUT2D eigenvalue weighted by Gasteiger charge is 2.43. The van der Waals surface area contributed by atoms with Crippen LogP contribution >= 0.6 is 0 Å². The second kappa shape index (κ2) is 4.35. The van der Waals surface area contributed by atoms with E-state index in [2.05, 4.69) is 4.98 Å². The van der Waals surface area contributed by atoms with Crippen molar-refractivity contribution in [2.45, 2.75) is 18.9 Å². The number of hydrogen-bond donors (Lipinski definition) is 2. The molecule has 1 aromatic heterocycles. The van der Waals surface area contributed by atoms with Gasteiger partial charge >= 0.3 is 0 Å². The lowest BCUT2D eigenvalue weighted by Crippen LogP contribution is -2.30. The Morgan fingerprint density at radius 2 is 2.10 bits per heavy atom. The van der Waals surface area contributed by atoms with Crippen LogP contribution < -0.4 is 0 Å². The molecule has 104 valence electrons. The van der Waals surface area contributed by atoms with Gasteiger partial charge in [0.05, 0.1) is 11.7 Å². The molecule has 1 aliphatic carbocycles. The second-order valence-electron chi connectivity index (χ2n) is 6.03. The van der Waals surface area contributed by atoms with E-state index in [0.29, 0.717) is 12.5 Å². The number of hydrogen-bond acceptors (Lipinski definition) is 2. The molecule has 1 aromatic carbocycles. The fourth-order valence-electron chi connectivity index (χ4n) is 3.82. The van der Waals surface area contributed by atoms with Crippen LogP contribution in [0.1, 0.15) is 23.2 Å². The van der Waals surface area contributed by atoms with Crippen molar-refractivity contribution in [3.05, 3.63) is 36.0 Å². The van der Waals surface area contributed by atoms with Gasteiger partial charge in [0.15, 0.2) is 0 Å². The van der Waals surface area contributed by atoms with Gasteiger partial charge in [-0.15, -0.1) is 0 Å². The molecular formula is C16H18N2O2. The minimum Gasteiger partial charge on any atom is -0.393 e. The number of aliphatic hydroxyl groups excluding tert-OH is 1. The molecule has 4 rings (SSSR count). The first-order valence-corrected chi connectivity index (χ1v) is 7.27. The summed E-state index contributed by atoms with van der Waals surface area (Å²) >= 11 is 0. The van der Waals surface area contributed by atoms with Crippen LogP contribution in [0.5, 0.6) is 0 Å². The van der Waals surface area contributed by atoms with Gasteiger partial charge < -0.3 is 15.0 Å². The molecule has 0 spiro atoms. The normalized spacial score (nSPS) is 29.1. The van der Waals surface area contributed by atoms with Crippen LogP contribution in [0.4, 0.5) is 0 Å². The zero-order valence-corrected chi connectivity index (χ0v) is 11.2. The number of likely N-dealkylation sites (tertiary alicyclic amines) is 1. The molecule has 2 aromatic rings. The molecule has 0 radical (unpaired) electrons. The molecule has 1 aliphatic heterocycles. The van der Waals surface area contributed by atoms with E-state index in [1.807, 2.05) is 29.2 Å². The Labute approximate surface area is 117 Å². The monoisotopic (exact) mass is 270 g/mol. The number of rotatable bonds is 1. The quantitative estimate of drug-likeness (QED) is 0.833. The number of aliphatic hydroxyl groups is 1. The Morgan fingerprint density at radius 3 is 2.95 bits per heavy atom. The van der Waals surface area contributed by atoms with Crippen molar-refractivity contribution < 1.29 is 9.90 Å². The van der Waals surface area contributed by atoms with Crippen LogP contribution in [0.15, 0.2) is 30.5 Å². The predicted octanol–water partition coefficient (Wildman–Crippen LogP) is 2.01. The summed E-state index contributed by atoms with van der Waals surface area (Å²) < 4.78 is 0. The number of fused-ring (bicyclic) bond motifs is 2. The minimum atomic E-state index is -0.222. The van der Waals surface area contributed by atoms with Crippen LogP contribution in [0, 0.1) is 11.8 Å². The van der Waals surface area contributed by atoms with Gasteiger partial charge in [0.25, 0.3) is 5.91 Å². The third-order valence-corrected chi connectivity index (χ3v) is 4.93. The van der Waals surface area contributed by atoms with Gasteiger partial charge in [-0.05, 0) is 24.8 Å². The first kappa shape index (κ1) is 12.0. The van der Waals surface area contributed by atoms with Crippen molar-refractivity contribution >= 4 is 16.8 Å². The number of carbonyl (C=O) groups is 1. The first-order valence-electron chi connectivity index (χ1n) is 7.27. The van der Waals surface area contributed by atoms with Crippen LogP contribution in [0.2, 0.25) is 0 Å². The Morgan fingerprint density at radius 1 is 1.25 bits per heavy atom. The van der Waals surface area contributed by atoms with Crippen molar-refractivity contribution in [3.63, 3.8) is 0 Å². The summed E-state index contributed by atoms with van der Waals surface area (Å²) in [5.41, 5.74) is 1.74. The van der Waals surface area contributed by atoms with Crippen molar-refractivity contribution in [1.82, 2.24) is 9.88 Å². The van der Waals surface area contributed by atoms with Crippen LogP contribution in [0.3, 0.4) is 0 Å². The summed E-state index contributed by atoms with van der Waals surface area (Å²) in [4.78, 5) is 17.7. The highest BCUT2D eigenvalue weighted by atomic mass is 16.3. The van der Waals surface area contributed by atoms with Gasteiger partial charge in [-0.1, -0.05) is 18.2 Å². The van der Waals surface area contributed by atoms with Gasteiger partial charge in [0.1, 0.15) is 0 Å². The Bertz CT molecular complexity index is 663. The molecule has 3 atom stereocenters. The highest BCUT2D eigenvalue weighted by Crippen LogP contribution is 2.38. The van der Waals surface area contributed by atoms with Crippen molar-refractivity contribution in [2.75, 3.05) is 13.1 Å². The molecule has 20 heavy (non-hydrogen) atoms. The number of H-pyrrole nitrogens is 1. The Balaban J connectivity index is 1.62. The third kappa shape index (κ3) is 1.68. The topological polar surface area (TPSA) is 56.3 Å². The van der Waals surface area contributed by atoms with Gasteiger partial charge in [-0.25, -0.2) is 0 Å². The fraction of sp³-hybridized carbons (Fsp3) is 0.438. The molecule has 2 fully saturated rings. The number of amides is 1. The smallest absolute Gasteiger partial charge is 0.256 e. The van der Waals surface area contributed by atoms with E-state index in [4.69, 9.17) is 0 Å². The van der Waals surface area contributed by atoms with Crippen LogP contribution in [-0.4, -0.2) is 40.1 Å². The summed E-state index contributed by atoms with van der Waals surface area (Å²) in [6.45, 7) is 1.49. The van der Waals surface area contributed by atoms with Crippen molar-refractivity contribution in [3.8, 4) is 0 Å². The molecule has 2 heterocycles. The largest absolute Gasteiger partial charge is 0.393 e. The predicted molar refractivity (Wildman–Crippen MR) is 76.4 cm³/mol. The Hall–Kier alpha value is -1.81. The van der Waals surface area contributed by atoms with Crippen molar-refractivity contribution in [2.24, 2.45) is 11.8 Å². The number of aromatic nitrogens is 1. The molecule has 1 saturated carbocycles. The van der Waals surface area contributed by atoms with E-state index in [1.165, 1.54) is 0 Å². The summed E-state index contributed by atoms with van der Waals surface area (Å²) in [5, 5.41) is 10.9. The van der Waals surface area contributed by atoms with Crippen molar-refractivity contribution in [1.29, 1.82) is 0 Å². The zero-order valence-electron chi connectivity index (χ0n) is 11.2. The number of para-hydroxylation sites is 1. The summed E-state index contributed by atoms with van der Waals surface area (Å²) in [7, 11) is 0. The summed E-state index contributed by atoms with van der Waals surface area (Å²) in [6, 6.07) is 7.87. The number of nitrogens with zero attached hydrogens (tertiary/aromatic N) is 1. The van der Waals surface area contributed by atoms with Crippen LogP contribution in [-0.2, 0) is 0 Å². The molecule has 4 heteroatoms. The average Bonchev–Trinajstić information content (AvgIpc) is 3.14. The molecular weight excluding hydrogens is 252 g/mol. The van der Waals surface area contributed by atoms with E-state index >= 15 is 0 Å². The number of benzene rings is 1. The van der Waals surface area contributed by atoms with Gasteiger partial charge in [0.2, 0.25) is 0 Å². The first-order chi connectivity index (χ1) is 9.74. The number of aromatic amines is 1. The summed E-state index contributed by atoms with van der Waals surface area (Å²) in [6.07, 6.45) is 3.52. The molecule has 2 N–H and O–H groups in total. The third-order valence-electron chi connectivity index (χ3n) is 4.93.